The lowest BCUT2D eigenvalue weighted by atomic mass is 10.1. The molecule has 0 bridgehead atoms. The number of pyridine rings is 1. The summed E-state index contributed by atoms with van der Waals surface area (Å²) in [5.41, 5.74) is -1.13. The molecule has 0 aliphatic heterocycles. The van der Waals surface area contributed by atoms with Gasteiger partial charge in [-0.1, -0.05) is 17.7 Å². The second-order valence-corrected chi connectivity index (χ2v) is 5.68. The second kappa shape index (κ2) is 7.83. The number of carbonyl (C=O) groups is 1. The standard InChI is InChI=1S/C17H18ClNO4/c1-17(2,23-14-6-3-5-13(18)11-14)16(20)22-10-9-21-15-7-4-8-19-12-15/h3-8,11-12H,9-10H2,1-2H3. The summed E-state index contributed by atoms with van der Waals surface area (Å²) < 4.78 is 16.2. The summed E-state index contributed by atoms with van der Waals surface area (Å²) in [6.07, 6.45) is 3.25. The highest BCUT2D eigenvalue weighted by atomic mass is 35.5. The molecule has 5 nitrogen and oxygen atoms in total. The van der Waals surface area contributed by atoms with Gasteiger partial charge in [-0.25, -0.2) is 4.79 Å². The quantitative estimate of drug-likeness (QED) is 0.572. The number of carbonyl (C=O) groups excluding carboxylic acids is 1. The molecule has 0 N–H and O–H groups in total. The van der Waals surface area contributed by atoms with Crippen molar-refractivity contribution in [3.05, 3.63) is 53.8 Å². The van der Waals surface area contributed by atoms with Gasteiger partial charge in [-0.05, 0) is 44.2 Å². The summed E-state index contributed by atoms with van der Waals surface area (Å²) >= 11 is 5.90. The Morgan fingerprint density at radius 3 is 2.65 bits per heavy atom. The first-order chi connectivity index (χ1) is 11.0. The Labute approximate surface area is 140 Å². The maximum Gasteiger partial charge on any atom is 0.350 e. The van der Waals surface area contributed by atoms with Gasteiger partial charge in [0.05, 0.1) is 6.20 Å². The highest BCUT2D eigenvalue weighted by Gasteiger charge is 2.31. The number of halogens is 1. The predicted octanol–water partition coefficient (Wildman–Crippen LogP) is 3.51. The molecule has 0 atom stereocenters. The van der Waals surface area contributed by atoms with Gasteiger partial charge in [0.1, 0.15) is 24.7 Å². The summed E-state index contributed by atoms with van der Waals surface area (Å²) in [5, 5.41) is 0.538. The SMILES string of the molecule is CC(C)(Oc1cccc(Cl)c1)C(=O)OCCOc1cccnc1. The van der Waals surface area contributed by atoms with E-state index in [1.54, 1.807) is 62.6 Å². The molecule has 0 radical (unpaired) electrons. The molecule has 0 spiro atoms. The molecular weight excluding hydrogens is 318 g/mol. The molecule has 0 aliphatic carbocycles. The van der Waals surface area contributed by atoms with Crippen LogP contribution in [0.15, 0.2) is 48.8 Å². The van der Waals surface area contributed by atoms with Gasteiger partial charge in [0.25, 0.3) is 0 Å². The van der Waals surface area contributed by atoms with E-state index in [-0.39, 0.29) is 13.2 Å². The number of benzene rings is 1. The number of hydrogen-bond acceptors (Lipinski definition) is 5. The molecule has 0 unspecified atom stereocenters. The van der Waals surface area contributed by atoms with E-state index in [0.717, 1.165) is 0 Å². The molecule has 0 fully saturated rings. The number of esters is 1. The fourth-order valence-corrected chi connectivity index (χ4v) is 1.95. The van der Waals surface area contributed by atoms with Gasteiger partial charge in [0, 0.05) is 11.2 Å². The molecule has 0 saturated heterocycles. The van der Waals surface area contributed by atoms with Crippen LogP contribution in [0.1, 0.15) is 13.8 Å². The van der Waals surface area contributed by atoms with Crippen molar-refractivity contribution in [2.75, 3.05) is 13.2 Å². The predicted molar refractivity (Wildman–Crippen MR) is 86.9 cm³/mol. The van der Waals surface area contributed by atoms with Gasteiger partial charge in [-0.3, -0.25) is 4.98 Å². The van der Waals surface area contributed by atoms with Crippen LogP contribution in [0.5, 0.6) is 11.5 Å². The normalized spacial score (nSPS) is 10.9. The molecule has 23 heavy (non-hydrogen) atoms. The van der Waals surface area contributed by atoms with Crippen molar-refractivity contribution >= 4 is 17.6 Å². The number of nitrogens with zero attached hydrogens (tertiary/aromatic N) is 1. The third kappa shape index (κ3) is 5.45. The van der Waals surface area contributed by atoms with Gasteiger partial charge in [0.15, 0.2) is 5.60 Å². The Balaban J connectivity index is 1.79. The van der Waals surface area contributed by atoms with Crippen LogP contribution in [0.4, 0.5) is 0 Å². The first-order valence-electron chi connectivity index (χ1n) is 7.12. The molecule has 1 aromatic carbocycles. The van der Waals surface area contributed by atoms with Crippen LogP contribution < -0.4 is 9.47 Å². The highest BCUT2D eigenvalue weighted by Crippen LogP contribution is 2.22. The van der Waals surface area contributed by atoms with Gasteiger partial charge < -0.3 is 14.2 Å². The van der Waals surface area contributed by atoms with Crippen LogP contribution in [0, 0.1) is 0 Å². The number of ether oxygens (including phenoxy) is 3. The lowest BCUT2D eigenvalue weighted by molar-refractivity contribution is -0.160. The lowest BCUT2D eigenvalue weighted by Crippen LogP contribution is -2.40. The zero-order valence-electron chi connectivity index (χ0n) is 13.0. The minimum atomic E-state index is -1.13. The summed E-state index contributed by atoms with van der Waals surface area (Å²) in [6, 6.07) is 10.4. The summed E-state index contributed by atoms with van der Waals surface area (Å²) in [5.74, 6) is 0.649. The Kier molecular flexibility index (Phi) is 5.82. The molecule has 1 heterocycles. The van der Waals surface area contributed by atoms with Gasteiger partial charge in [0.2, 0.25) is 0 Å². The van der Waals surface area contributed by atoms with Crippen molar-refractivity contribution in [3.63, 3.8) is 0 Å². The third-order valence-corrected chi connectivity index (χ3v) is 3.12. The fraction of sp³-hybridized carbons (Fsp3) is 0.294. The monoisotopic (exact) mass is 335 g/mol. The highest BCUT2D eigenvalue weighted by molar-refractivity contribution is 6.30. The number of aromatic nitrogens is 1. The lowest BCUT2D eigenvalue weighted by Gasteiger charge is -2.24. The topological polar surface area (TPSA) is 57.7 Å². The van der Waals surface area contributed by atoms with Crippen molar-refractivity contribution in [2.24, 2.45) is 0 Å². The molecule has 122 valence electrons. The minimum Gasteiger partial charge on any atom is -0.488 e. The van der Waals surface area contributed by atoms with Crippen LogP contribution in [-0.4, -0.2) is 29.8 Å². The molecule has 2 rings (SSSR count). The summed E-state index contributed by atoms with van der Waals surface area (Å²) in [7, 11) is 0. The molecule has 0 saturated carbocycles. The number of hydrogen-bond donors (Lipinski definition) is 0. The Morgan fingerprint density at radius 2 is 1.96 bits per heavy atom. The second-order valence-electron chi connectivity index (χ2n) is 5.24. The van der Waals surface area contributed by atoms with E-state index >= 15 is 0 Å². The van der Waals surface area contributed by atoms with Crippen molar-refractivity contribution in [1.29, 1.82) is 0 Å². The zero-order chi connectivity index (χ0) is 16.7. The summed E-state index contributed by atoms with van der Waals surface area (Å²) in [6.45, 7) is 3.64. The maximum atomic E-state index is 12.1. The van der Waals surface area contributed by atoms with Gasteiger partial charge in [-0.2, -0.15) is 0 Å². The van der Waals surface area contributed by atoms with E-state index in [4.69, 9.17) is 25.8 Å². The fourth-order valence-electron chi connectivity index (χ4n) is 1.77. The van der Waals surface area contributed by atoms with Crippen molar-refractivity contribution in [1.82, 2.24) is 4.98 Å². The first-order valence-corrected chi connectivity index (χ1v) is 7.50. The maximum absolute atomic E-state index is 12.1. The molecule has 1 aromatic heterocycles. The first kappa shape index (κ1) is 17.1. The average molecular weight is 336 g/mol. The van der Waals surface area contributed by atoms with Crippen LogP contribution in [0.25, 0.3) is 0 Å². The smallest absolute Gasteiger partial charge is 0.350 e. The average Bonchev–Trinajstić information content (AvgIpc) is 2.52. The largest absolute Gasteiger partial charge is 0.488 e. The zero-order valence-corrected chi connectivity index (χ0v) is 13.7. The third-order valence-electron chi connectivity index (χ3n) is 2.88. The molecule has 0 aliphatic rings. The minimum absolute atomic E-state index is 0.121. The molecule has 0 amide bonds. The molecule has 6 heteroatoms. The van der Waals surface area contributed by atoms with E-state index in [2.05, 4.69) is 4.98 Å². The number of rotatable bonds is 7. The van der Waals surface area contributed by atoms with Crippen LogP contribution in [0.3, 0.4) is 0 Å². The van der Waals surface area contributed by atoms with Crippen molar-refractivity contribution < 1.29 is 19.0 Å². The van der Waals surface area contributed by atoms with Gasteiger partial charge in [-0.15, -0.1) is 0 Å². The van der Waals surface area contributed by atoms with Gasteiger partial charge >= 0.3 is 5.97 Å². The summed E-state index contributed by atoms with van der Waals surface area (Å²) in [4.78, 5) is 16.0. The van der Waals surface area contributed by atoms with E-state index in [1.165, 1.54) is 0 Å². The molecule has 2 aromatic rings. The van der Waals surface area contributed by atoms with Crippen molar-refractivity contribution in [2.45, 2.75) is 19.4 Å². The van der Waals surface area contributed by atoms with Crippen LogP contribution in [0.2, 0.25) is 5.02 Å². The van der Waals surface area contributed by atoms with Crippen LogP contribution in [-0.2, 0) is 9.53 Å². The Morgan fingerprint density at radius 1 is 1.17 bits per heavy atom. The Bertz CT molecular complexity index is 646. The molecular formula is C17H18ClNO4. The Hall–Kier alpha value is -2.27. The van der Waals surface area contributed by atoms with E-state index < -0.39 is 11.6 Å². The van der Waals surface area contributed by atoms with Crippen LogP contribution >= 0.6 is 11.6 Å². The van der Waals surface area contributed by atoms with E-state index in [9.17, 15) is 4.79 Å². The van der Waals surface area contributed by atoms with Crippen molar-refractivity contribution in [3.8, 4) is 11.5 Å². The van der Waals surface area contributed by atoms with E-state index in [0.29, 0.717) is 16.5 Å². The van der Waals surface area contributed by atoms with E-state index in [1.807, 2.05) is 0 Å².